The van der Waals surface area contributed by atoms with Gasteiger partial charge in [0.1, 0.15) is 23.3 Å². The number of esters is 1. The van der Waals surface area contributed by atoms with Crippen LogP contribution in [0.1, 0.15) is 72.8 Å². The Morgan fingerprint density at radius 3 is 2.31 bits per heavy atom. The minimum Gasteiger partial charge on any atom is -0.509 e. The molecule has 4 bridgehead atoms. The van der Waals surface area contributed by atoms with E-state index in [0.29, 0.717) is 18.8 Å². The highest BCUT2D eigenvalue weighted by Crippen LogP contribution is 2.56. The first kappa shape index (κ1) is 46.2. The van der Waals surface area contributed by atoms with Crippen LogP contribution >= 0.6 is 0 Å². The molecule has 5 N–H and O–H groups in total. The summed E-state index contributed by atoms with van der Waals surface area (Å²) in [4.78, 5) is 61.3. The molecule has 0 aromatic carbocycles. The zero-order chi connectivity index (χ0) is 46.7. The van der Waals surface area contributed by atoms with Crippen LogP contribution < -0.4 is 15.6 Å². The normalized spacial score (nSPS) is 34.6. The van der Waals surface area contributed by atoms with Crippen LogP contribution in [0, 0.1) is 29.6 Å². The fraction of sp³-hybridized carbons (Fsp3) is 0.511. The molecule has 17 nitrogen and oxygen atoms in total. The first-order valence-electron chi connectivity index (χ1n) is 21.4. The van der Waals surface area contributed by atoms with E-state index in [9.17, 15) is 39.6 Å². The monoisotopic (exact) mass is 887 g/mol. The maximum Gasteiger partial charge on any atom is 0.306 e. The Morgan fingerprint density at radius 2 is 1.66 bits per heavy atom. The van der Waals surface area contributed by atoms with Crippen molar-refractivity contribution in [2.24, 2.45) is 29.6 Å². The summed E-state index contributed by atoms with van der Waals surface area (Å²) < 4.78 is 35.8. The third-order valence-corrected chi connectivity index (χ3v) is 13.4. The minimum absolute atomic E-state index is 0.0208. The Labute approximate surface area is 370 Å². The van der Waals surface area contributed by atoms with Gasteiger partial charge < -0.3 is 58.7 Å². The van der Waals surface area contributed by atoms with E-state index < -0.39 is 100 Å². The number of anilines is 1. The van der Waals surface area contributed by atoms with Crippen LogP contribution in [0.4, 0.5) is 5.69 Å². The fourth-order valence-corrected chi connectivity index (χ4v) is 9.31. The van der Waals surface area contributed by atoms with Gasteiger partial charge in [-0.05, 0) is 19.9 Å². The second kappa shape index (κ2) is 17.7. The molecule has 0 aromatic rings. The lowest BCUT2D eigenvalue weighted by molar-refractivity contribution is -0.160. The lowest BCUT2D eigenvalue weighted by Gasteiger charge is -2.40. The summed E-state index contributed by atoms with van der Waals surface area (Å²) in [6.07, 6.45) is 3.58. The summed E-state index contributed by atoms with van der Waals surface area (Å²) in [5.41, 5.74) is -0.0911. The van der Waals surface area contributed by atoms with Gasteiger partial charge in [0.2, 0.25) is 5.43 Å². The summed E-state index contributed by atoms with van der Waals surface area (Å²) in [5, 5.41) is 50.0. The number of methoxy groups -OCH3 is 2. The van der Waals surface area contributed by atoms with Gasteiger partial charge in [-0.2, -0.15) is 0 Å². The second-order valence-electron chi connectivity index (χ2n) is 17.7. The average molecular weight is 888 g/mol. The Balaban J connectivity index is 1.40. The zero-order valence-corrected chi connectivity index (χ0v) is 37.6. The number of carbonyl (C=O) groups excluding carboxylic acids is 3. The van der Waals surface area contributed by atoms with E-state index in [2.05, 4.69) is 5.32 Å². The van der Waals surface area contributed by atoms with Crippen molar-refractivity contribution in [3.05, 3.63) is 98.4 Å². The number of hydrogen-bond acceptors (Lipinski definition) is 16. The highest BCUT2D eigenvalue weighted by Gasteiger charge is 2.58. The highest BCUT2D eigenvalue weighted by molar-refractivity contribution is 6.06. The van der Waals surface area contributed by atoms with Gasteiger partial charge in [0.05, 0.1) is 53.8 Å². The molecule has 0 aromatic heterocycles. The third kappa shape index (κ3) is 8.03. The summed E-state index contributed by atoms with van der Waals surface area (Å²) in [6, 6.07) is 3.05. The van der Waals surface area contributed by atoms with Crippen molar-refractivity contribution in [3.8, 4) is 11.5 Å². The number of amides is 1. The molecule has 4 heterocycles. The SMILES string of the molecule is COC1CN(c2cc3oc4c(nc-3c(=O)c2)C2C3=C(O)[C@@]5(C)O/C=C/[C@H](OC)[C@@H](C)[C@@H](OC(C)=O)[C@H](C)[C@H](O)[C@H](C)[C@@H](O)[C@@H](C)/C=C/C=C(/C)C(=O)NC4=C(O)C2C(=O)C(C)=C3O5)C1. The van der Waals surface area contributed by atoms with Crippen molar-refractivity contribution in [3.63, 3.8) is 0 Å². The molecule has 7 rings (SSSR count). The lowest BCUT2D eigenvalue weighted by Crippen LogP contribution is -2.52. The van der Waals surface area contributed by atoms with Gasteiger partial charge >= 0.3 is 11.8 Å². The average Bonchev–Trinajstić information content (AvgIpc) is 3.50. The van der Waals surface area contributed by atoms with Crippen LogP contribution in [0.2, 0.25) is 0 Å². The van der Waals surface area contributed by atoms with E-state index in [4.69, 9.17) is 33.1 Å². The van der Waals surface area contributed by atoms with Gasteiger partial charge in [-0.3, -0.25) is 19.2 Å². The molecule has 3 aliphatic carbocycles. The van der Waals surface area contributed by atoms with Crippen LogP contribution in [-0.2, 0) is 38.1 Å². The first-order chi connectivity index (χ1) is 30.2. The van der Waals surface area contributed by atoms with E-state index in [1.54, 1.807) is 53.0 Å². The number of rotatable bonds is 4. The molecule has 64 heavy (non-hydrogen) atoms. The van der Waals surface area contributed by atoms with Crippen LogP contribution in [0.15, 0.2) is 85.9 Å². The lowest BCUT2D eigenvalue weighted by atomic mass is 9.69. The number of hydrogen-bond donors (Lipinski definition) is 5. The van der Waals surface area contributed by atoms with Gasteiger partial charge in [0.25, 0.3) is 5.91 Å². The number of aromatic nitrogens is 1. The molecule has 0 radical (unpaired) electrons. The number of carbonyl (C=O) groups is 3. The van der Waals surface area contributed by atoms with Crippen LogP contribution in [0.5, 0.6) is 0 Å². The van der Waals surface area contributed by atoms with Crippen molar-refractivity contribution < 1.29 is 62.9 Å². The maximum absolute atomic E-state index is 14.4. The topological polar surface area (TPSA) is 237 Å². The number of nitrogens with zero attached hydrogens (tertiary/aromatic N) is 2. The molecular weight excluding hydrogens is 831 g/mol. The van der Waals surface area contributed by atoms with Crippen LogP contribution in [-0.4, -0.2) is 107 Å². The number of Topliss-reactive ketones (excluding diaryl/α,β-unsaturated/α-hetero) is 1. The van der Waals surface area contributed by atoms with Crippen molar-refractivity contribution >= 4 is 29.0 Å². The van der Waals surface area contributed by atoms with Crippen LogP contribution in [0.25, 0.3) is 17.2 Å². The molecule has 1 amide bonds. The van der Waals surface area contributed by atoms with Crippen molar-refractivity contribution in [2.45, 2.75) is 97.6 Å². The molecule has 2 unspecified atom stereocenters. The molecule has 4 aliphatic heterocycles. The Morgan fingerprint density at radius 1 is 0.953 bits per heavy atom. The van der Waals surface area contributed by atoms with Crippen molar-refractivity contribution in [2.75, 3.05) is 32.2 Å². The van der Waals surface area contributed by atoms with Crippen LogP contribution in [0.3, 0.4) is 0 Å². The summed E-state index contributed by atoms with van der Waals surface area (Å²) in [7, 11) is 3.05. The van der Waals surface area contributed by atoms with Crippen molar-refractivity contribution in [1.29, 1.82) is 0 Å². The number of fused-ring (bicyclic) bond motifs is 2. The van der Waals surface area contributed by atoms with E-state index in [1.165, 1.54) is 59.3 Å². The van der Waals surface area contributed by atoms with Crippen molar-refractivity contribution in [1.82, 2.24) is 10.3 Å². The number of aliphatic hydroxyl groups excluding tert-OH is 4. The molecule has 11 atom stereocenters. The number of allylic oxidation sites excluding steroid dienone is 5. The summed E-state index contributed by atoms with van der Waals surface area (Å²) in [6.45, 7) is 13.7. The smallest absolute Gasteiger partial charge is 0.306 e. The molecule has 1 saturated heterocycles. The Kier molecular flexibility index (Phi) is 12.8. The quantitative estimate of drug-likeness (QED) is 0.262. The number of ether oxygens (including phenoxy) is 5. The number of nitrogens with one attached hydrogen (secondary N) is 1. The molecule has 0 saturated carbocycles. The number of benzene rings is 1. The van der Waals surface area contributed by atoms with E-state index in [-0.39, 0.29) is 57.2 Å². The second-order valence-corrected chi connectivity index (χ2v) is 17.7. The number of ketones is 1. The largest absolute Gasteiger partial charge is 0.509 e. The Bertz CT molecular complexity index is 2440. The molecule has 344 valence electrons. The highest BCUT2D eigenvalue weighted by atomic mass is 16.7. The number of aliphatic hydroxyl groups is 4. The maximum atomic E-state index is 14.4. The fourth-order valence-electron chi connectivity index (χ4n) is 9.31. The summed E-state index contributed by atoms with van der Waals surface area (Å²) >= 11 is 0. The van der Waals surface area contributed by atoms with Gasteiger partial charge in [-0.15, -0.1) is 0 Å². The third-order valence-electron chi connectivity index (χ3n) is 13.4. The predicted molar refractivity (Wildman–Crippen MR) is 231 cm³/mol. The van der Waals surface area contributed by atoms with Gasteiger partial charge in [-0.1, -0.05) is 45.9 Å². The molecule has 7 aliphatic rings. The Hall–Kier alpha value is -5.75. The van der Waals surface area contributed by atoms with E-state index in [0.717, 1.165) is 0 Å². The molecule has 0 spiro atoms. The van der Waals surface area contributed by atoms with Gasteiger partial charge in [-0.25, -0.2) is 4.98 Å². The summed E-state index contributed by atoms with van der Waals surface area (Å²) in [5.74, 6) is -10.3. The van der Waals surface area contributed by atoms with Gasteiger partial charge in [0.15, 0.2) is 28.8 Å². The molecule has 17 heteroatoms. The molecular formula is C47H57N3O14. The minimum atomic E-state index is -1.96. The predicted octanol–water partition coefficient (Wildman–Crippen LogP) is 4.71. The first-order valence-corrected chi connectivity index (χ1v) is 21.4. The van der Waals surface area contributed by atoms with E-state index in [1.807, 2.05) is 4.90 Å². The van der Waals surface area contributed by atoms with Gasteiger partial charge in [0, 0.05) is 93.8 Å². The molecule has 1 fully saturated rings. The standard InChI is InChI=1S/C47H57N3O14/c1-20-12-11-13-21(2)46(58)49-37-41(56)33-32(36-44(37)63-31-17-27(16-29(52)35(31)48-36)50-18-28(19-50)59-9)34-43(25(6)40(33)55)64-47(8,45(34)57)61-15-14-30(60-10)22(3)42(62-26(7)51)24(5)39(54)23(4)38(20)53/h11-17,20,22-24,28,30,32-33,38-39,42,53-54,56-57H,18-19H2,1-10H3,(H,49,58)/b12-11+,15-14+,21-13-/t20-,22+,23+,24+,30-,32?,33?,38-,39+,42+,47-/m0/s1. The van der Waals surface area contributed by atoms with E-state index >= 15 is 0 Å². The zero-order valence-electron chi connectivity index (χ0n) is 37.6.